The molecular weight excluding hydrogens is 419 g/mol. The summed E-state index contributed by atoms with van der Waals surface area (Å²) in [6, 6.07) is 4.33. The van der Waals surface area contributed by atoms with E-state index >= 15 is 0 Å². The van der Waals surface area contributed by atoms with E-state index < -0.39 is 11.9 Å². The van der Waals surface area contributed by atoms with Crippen molar-refractivity contribution in [1.29, 1.82) is 0 Å². The van der Waals surface area contributed by atoms with Gasteiger partial charge in [0.05, 0.1) is 10.0 Å². The molecule has 2 rings (SSSR count). The Kier molecular flexibility index (Phi) is 9.00. The number of carbonyl (C=O) groups excluding carboxylic acids is 3. The highest BCUT2D eigenvalue weighted by Gasteiger charge is 2.26. The lowest BCUT2D eigenvalue weighted by Gasteiger charge is -2.32. The third-order valence-electron chi connectivity index (χ3n) is 4.83. The van der Waals surface area contributed by atoms with E-state index in [9.17, 15) is 14.4 Å². The van der Waals surface area contributed by atoms with E-state index in [1.807, 2.05) is 6.92 Å². The van der Waals surface area contributed by atoms with Crippen LogP contribution in [0.5, 0.6) is 0 Å². The largest absolute Gasteiger partial charge is 0.338 e. The fourth-order valence-electron chi connectivity index (χ4n) is 2.97. The Hall–Kier alpha value is -2.03. The van der Waals surface area contributed by atoms with Gasteiger partial charge in [0.2, 0.25) is 5.91 Å². The maximum absolute atomic E-state index is 12.6. The monoisotopic (exact) mass is 444 g/mol. The average molecular weight is 445 g/mol. The first-order valence-electron chi connectivity index (χ1n) is 9.49. The third kappa shape index (κ3) is 7.72. The van der Waals surface area contributed by atoms with Gasteiger partial charge >= 0.3 is 6.03 Å². The minimum atomic E-state index is -0.621. The number of nitrogens with zero attached hydrogens (tertiary/aromatic N) is 1. The molecule has 1 aromatic carbocycles. The lowest BCUT2D eigenvalue weighted by Crippen LogP contribution is -2.44. The first-order chi connectivity index (χ1) is 13.8. The van der Waals surface area contributed by atoms with Crippen LogP contribution in [-0.2, 0) is 9.59 Å². The number of hydroxylamine groups is 1. The Morgan fingerprint density at radius 2 is 1.97 bits per heavy atom. The summed E-state index contributed by atoms with van der Waals surface area (Å²) in [5.41, 5.74) is 2.07. The summed E-state index contributed by atoms with van der Waals surface area (Å²) in [7, 11) is 0. The molecular formula is C19H26Cl2N4O4. The SMILES string of the molecule is CC(CNC(=O)Nc1ccc(Cl)c(Cl)c1)CC(=O)N(CC(=O)NO)CC1CCC1. The van der Waals surface area contributed by atoms with E-state index in [2.05, 4.69) is 10.6 Å². The second kappa shape index (κ2) is 11.2. The van der Waals surface area contributed by atoms with Crippen LogP contribution in [0.15, 0.2) is 18.2 Å². The van der Waals surface area contributed by atoms with Crippen molar-refractivity contribution in [1.82, 2.24) is 15.7 Å². The van der Waals surface area contributed by atoms with Crippen LogP contribution in [0, 0.1) is 11.8 Å². The molecule has 4 amide bonds. The maximum Gasteiger partial charge on any atom is 0.319 e. The number of urea groups is 1. The predicted molar refractivity (Wildman–Crippen MR) is 111 cm³/mol. The molecule has 160 valence electrons. The molecule has 0 saturated heterocycles. The van der Waals surface area contributed by atoms with Gasteiger partial charge in [-0.05, 0) is 42.9 Å². The molecule has 1 saturated carbocycles. The van der Waals surface area contributed by atoms with Gasteiger partial charge in [-0.3, -0.25) is 14.8 Å². The average Bonchev–Trinajstić information content (AvgIpc) is 2.64. The zero-order valence-electron chi connectivity index (χ0n) is 16.2. The minimum absolute atomic E-state index is 0.136. The summed E-state index contributed by atoms with van der Waals surface area (Å²) in [5.74, 6) is -0.539. The normalized spacial score (nSPS) is 14.5. The molecule has 1 aliphatic carbocycles. The van der Waals surface area contributed by atoms with Crippen molar-refractivity contribution in [2.75, 3.05) is 25.0 Å². The van der Waals surface area contributed by atoms with E-state index in [1.165, 1.54) is 4.90 Å². The van der Waals surface area contributed by atoms with Gasteiger partial charge in [-0.1, -0.05) is 36.5 Å². The van der Waals surface area contributed by atoms with Crippen LogP contribution >= 0.6 is 23.2 Å². The Morgan fingerprint density at radius 3 is 2.55 bits per heavy atom. The number of rotatable bonds is 9. The lowest BCUT2D eigenvalue weighted by atomic mass is 9.85. The highest BCUT2D eigenvalue weighted by molar-refractivity contribution is 6.42. The second-order valence-electron chi connectivity index (χ2n) is 7.38. The standard InChI is InChI=1S/C19H26Cl2N4O4/c1-12(9-22-19(28)23-14-5-6-15(20)16(21)8-14)7-18(27)25(11-17(26)24-29)10-13-3-2-4-13/h5-6,8,12-13,29H,2-4,7,9-11H2,1H3,(H,24,26)(H2,22,23,28). The summed E-state index contributed by atoms with van der Waals surface area (Å²) in [5, 5.41) is 14.8. The van der Waals surface area contributed by atoms with E-state index in [1.54, 1.807) is 23.7 Å². The van der Waals surface area contributed by atoms with Crippen LogP contribution in [-0.4, -0.2) is 47.6 Å². The maximum atomic E-state index is 12.6. The number of hydrogen-bond acceptors (Lipinski definition) is 4. The smallest absolute Gasteiger partial charge is 0.319 e. The van der Waals surface area contributed by atoms with Gasteiger partial charge in [0.1, 0.15) is 6.54 Å². The van der Waals surface area contributed by atoms with Gasteiger partial charge in [0, 0.05) is 25.2 Å². The first-order valence-corrected chi connectivity index (χ1v) is 10.2. The van der Waals surface area contributed by atoms with E-state index in [4.69, 9.17) is 28.4 Å². The van der Waals surface area contributed by atoms with Gasteiger partial charge in [-0.2, -0.15) is 0 Å². The van der Waals surface area contributed by atoms with Crippen molar-refractivity contribution in [3.63, 3.8) is 0 Å². The number of benzene rings is 1. The molecule has 8 nitrogen and oxygen atoms in total. The molecule has 10 heteroatoms. The number of hydrogen-bond donors (Lipinski definition) is 4. The van der Waals surface area contributed by atoms with Gasteiger partial charge in [-0.25, -0.2) is 10.3 Å². The van der Waals surface area contributed by atoms with Gasteiger partial charge in [0.15, 0.2) is 0 Å². The Labute approximate surface area is 179 Å². The summed E-state index contributed by atoms with van der Waals surface area (Å²) >= 11 is 11.8. The number of nitrogens with one attached hydrogen (secondary N) is 3. The van der Waals surface area contributed by atoms with Crippen LogP contribution in [0.1, 0.15) is 32.6 Å². The highest BCUT2D eigenvalue weighted by atomic mass is 35.5. The van der Waals surface area contributed by atoms with Crippen LogP contribution < -0.4 is 16.1 Å². The molecule has 1 fully saturated rings. The Balaban J connectivity index is 1.79. The van der Waals surface area contributed by atoms with Crippen molar-refractivity contribution >= 4 is 46.7 Å². The Bertz CT molecular complexity index is 743. The Morgan fingerprint density at radius 1 is 1.24 bits per heavy atom. The van der Waals surface area contributed by atoms with Gasteiger partial charge in [-0.15, -0.1) is 0 Å². The molecule has 1 aliphatic rings. The van der Waals surface area contributed by atoms with Crippen molar-refractivity contribution in [3.8, 4) is 0 Å². The van der Waals surface area contributed by atoms with Crippen LogP contribution in [0.3, 0.4) is 0 Å². The number of halogens is 2. The number of amides is 4. The van der Waals surface area contributed by atoms with E-state index in [0.717, 1.165) is 19.3 Å². The van der Waals surface area contributed by atoms with Crippen molar-refractivity contribution in [2.24, 2.45) is 11.8 Å². The molecule has 0 spiro atoms. The third-order valence-corrected chi connectivity index (χ3v) is 5.57. The quantitative estimate of drug-likeness (QED) is 0.345. The molecule has 1 atom stereocenters. The first kappa shape index (κ1) is 23.3. The molecule has 1 unspecified atom stereocenters. The zero-order valence-corrected chi connectivity index (χ0v) is 17.7. The molecule has 0 heterocycles. The van der Waals surface area contributed by atoms with Gasteiger partial charge < -0.3 is 15.5 Å². The van der Waals surface area contributed by atoms with Crippen LogP contribution in [0.4, 0.5) is 10.5 Å². The fraction of sp³-hybridized carbons (Fsp3) is 0.526. The summed E-state index contributed by atoms with van der Waals surface area (Å²) < 4.78 is 0. The molecule has 0 aliphatic heterocycles. The number of anilines is 1. The zero-order chi connectivity index (χ0) is 21.4. The molecule has 0 aromatic heterocycles. The van der Waals surface area contributed by atoms with Crippen molar-refractivity contribution in [3.05, 3.63) is 28.2 Å². The van der Waals surface area contributed by atoms with E-state index in [-0.39, 0.29) is 31.3 Å². The topological polar surface area (TPSA) is 111 Å². The van der Waals surface area contributed by atoms with Gasteiger partial charge in [0.25, 0.3) is 5.91 Å². The second-order valence-corrected chi connectivity index (χ2v) is 8.19. The molecule has 4 N–H and O–H groups in total. The fourth-order valence-corrected chi connectivity index (χ4v) is 3.26. The lowest BCUT2D eigenvalue weighted by molar-refractivity contribution is -0.140. The summed E-state index contributed by atoms with van der Waals surface area (Å²) in [6.07, 6.45) is 3.39. The summed E-state index contributed by atoms with van der Waals surface area (Å²) in [4.78, 5) is 37.6. The number of carbonyl (C=O) groups is 3. The van der Waals surface area contributed by atoms with Crippen LogP contribution in [0.25, 0.3) is 0 Å². The van der Waals surface area contributed by atoms with Crippen LogP contribution in [0.2, 0.25) is 10.0 Å². The van der Waals surface area contributed by atoms with Crippen molar-refractivity contribution < 1.29 is 19.6 Å². The molecule has 0 radical (unpaired) electrons. The minimum Gasteiger partial charge on any atom is -0.338 e. The van der Waals surface area contributed by atoms with Crippen molar-refractivity contribution in [2.45, 2.75) is 32.6 Å². The van der Waals surface area contributed by atoms with E-state index in [0.29, 0.717) is 28.2 Å². The summed E-state index contributed by atoms with van der Waals surface area (Å²) in [6.45, 7) is 2.45. The molecule has 1 aromatic rings. The highest BCUT2D eigenvalue weighted by Crippen LogP contribution is 2.27. The molecule has 0 bridgehead atoms. The predicted octanol–water partition coefficient (Wildman–Crippen LogP) is 3.28. The molecule has 29 heavy (non-hydrogen) atoms.